The minimum atomic E-state index is -0.153. The number of hydrogen-bond donors (Lipinski definition) is 2. The third-order valence-electron chi connectivity index (χ3n) is 2.94. The highest BCUT2D eigenvalue weighted by Crippen LogP contribution is 2.22. The van der Waals surface area contributed by atoms with E-state index >= 15 is 0 Å². The van der Waals surface area contributed by atoms with Crippen molar-refractivity contribution in [1.29, 1.82) is 0 Å². The molecule has 4 nitrogen and oxygen atoms in total. The first-order valence-corrected chi connectivity index (χ1v) is 6.83. The molecule has 0 spiro atoms. The van der Waals surface area contributed by atoms with Crippen molar-refractivity contribution in [2.45, 2.75) is 20.4 Å². The zero-order valence-corrected chi connectivity index (χ0v) is 12.5. The van der Waals surface area contributed by atoms with E-state index in [-0.39, 0.29) is 5.91 Å². The third kappa shape index (κ3) is 2.98. The number of aryl methyl sites for hydroxylation is 2. The highest BCUT2D eigenvalue weighted by molar-refractivity contribution is 9.10. The van der Waals surface area contributed by atoms with Gasteiger partial charge < -0.3 is 15.6 Å². The molecule has 19 heavy (non-hydrogen) atoms. The number of nitrogens with two attached hydrogens (primary N) is 1. The molecule has 0 saturated heterocycles. The number of hydrogen-bond acceptors (Lipinski definition) is 2. The molecule has 5 heteroatoms. The van der Waals surface area contributed by atoms with Gasteiger partial charge in [-0.2, -0.15) is 0 Å². The van der Waals surface area contributed by atoms with Gasteiger partial charge in [-0.05, 0) is 37.6 Å². The second-order valence-electron chi connectivity index (χ2n) is 4.36. The maximum absolute atomic E-state index is 12.3. The first kappa shape index (κ1) is 13.7. The highest BCUT2D eigenvalue weighted by Gasteiger charge is 2.13. The normalized spacial score (nSPS) is 10.5. The molecule has 0 atom stereocenters. The minimum Gasteiger partial charge on any atom is -0.397 e. The van der Waals surface area contributed by atoms with Gasteiger partial charge in [0.2, 0.25) is 0 Å². The molecule has 3 N–H and O–H groups in total. The van der Waals surface area contributed by atoms with Crippen LogP contribution in [0.1, 0.15) is 23.0 Å². The molecule has 0 radical (unpaired) electrons. The Hall–Kier alpha value is -1.75. The number of nitrogens with zero attached hydrogens (tertiary/aromatic N) is 1. The van der Waals surface area contributed by atoms with Crippen LogP contribution in [0, 0.1) is 6.92 Å². The Morgan fingerprint density at radius 3 is 2.84 bits per heavy atom. The molecule has 2 aromatic rings. The molecule has 0 bridgehead atoms. The van der Waals surface area contributed by atoms with Gasteiger partial charge in [-0.1, -0.05) is 22.0 Å². The largest absolute Gasteiger partial charge is 0.397 e. The maximum Gasteiger partial charge on any atom is 0.272 e. The zero-order chi connectivity index (χ0) is 14.0. The lowest BCUT2D eigenvalue weighted by molar-refractivity contribution is 0.101. The monoisotopic (exact) mass is 321 g/mol. The number of anilines is 2. The van der Waals surface area contributed by atoms with Crippen LogP contribution in [0.4, 0.5) is 11.4 Å². The van der Waals surface area contributed by atoms with Gasteiger partial charge >= 0.3 is 0 Å². The number of carbonyl (C=O) groups is 1. The van der Waals surface area contributed by atoms with Gasteiger partial charge in [-0.25, -0.2) is 0 Å². The van der Waals surface area contributed by atoms with Crippen LogP contribution in [0.3, 0.4) is 0 Å². The summed E-state index contributed by atoms with van der Waals surface area (Å²) < 4.78 is 2.76. The van der Waals surface area contributed by atoms with Crippen LogP contribution in [0.15, 0.2) is 34.9 Å². The van der Waals surface area contributed by atoms with Crippen molar-refractivity contribution in [3.8, 4) is 0 Å². The fourth-order valence-corrected chi connectivity index (χ4v) is 2.26. The SMILES string of the molecule is CCn1cc(N)cc1C(=O)Nc1cc(Br)ccc1C. The molecule has 0 unspecified atom stereocenters. The maximum atomic E-state index is 12.3. The molecule has 1 amide bonds. The summed E-state index contributed by atoms with van der Waals surface area (Å²) in [4.78, 5) is 12.3. The summed E-state index contributed by atoms with van der Waals surface area (Å²) in [5.74, 6) is -0.153. The topological polar surface area (TPSA) is 60.0 Å². The van der Waals surface area contributed by atoms with Crippen molar-refractivity contribution in [2.75, 3.05) is 11.1 Å². The van der Waals surface area contributed by atoms with Gasteiger partial charge in [0.1, 0.15) is 5.69 Å². The number of halogens is 1. The number of nitrogens with one attached hydrogen (secondary N) is 1. The van der Waals surface area contributed by atoms with E-state index in [1.165, 1.54) is 0 Å². The Morgan fingerprint density at radius 1 is 1.42 bits per heavy atom. The Bertz CT molecular complexity index is 619. The summed E-state index contributed by atoms with van der Waals surface area (Å²) in [5.41, 5.74) is 8.70. The lowest BCUT2D eigenvalue weighted by Gasteiger charge is -2.10. The summed E-state index contributed by atoms with van der Waals surface area (Å²) in [6.07, 6.45) is 1.77. The number of carbonyl (C=O) groups excluding carboxylic acids is 1. The van der Waals surface area contributed by atoms with Crippen LogP contribution >= 0.6 is 15.9 Å². The number of benzene rings is 1. The summed E-state index contributed by atoms with van der Waals surface area (Å²) >= 11 is 3.40. The average Bonchev–Trinajstić information content (AvgIpc) is 2.75. The smallest absolute Gasteiger partial charge is 0.272 e. The molecule has 0 aliphatic carbocycles. The van der Waals surface area contributed by atoms with E-state index in [1.54, 1.807) is 12.3 Å². The Kier molecular flexibility index (Phi) is 3.95. The molecule has 0 fully saturated rings. The minimum absolute atomic E-state index is 0.153. The second kappa shape index (κ2) is 5.48. The summed E-state index contributed by atoms with van der Waals surface area (Å²) in [5, 5.41) is 2.91. The van der Waals surface area contributed by atoms with E-state index < -0.39 is 0 Å². The van der Waals surface area contributed by atoms with Crippen LogP contribution in [-0.4, -0.2) is 10.5 Å². The van der Waals surface area contributed by atoms with Crippen LogP contribution in [0.25, 0.3) is 0 Å². The summed E-state index contributed by atoms with van der Waals surface area (Å²) in [6.45, 7) is 4.63. The number of nitrogen functional groups attached to an aromatic ring is 1. The zero-order valence-electron chi connectivity index (χ0n) is 10.9. The van der Waals surface area contributed by atoms with Crippen molar-refractivity contribution in [2.24, 2.45) is 0 Å². The van der Waals surface area contributed by atoms with Crippen molar-refractivity contribution >= 4 is 33.2 Å². The van der Waals surface area contributed by atoms with Crippen molar-refractivity contribution in [1.82, 2.24) is 4.57 Å². The van der Waals surface area contributed by atoms with E-state index in [4.69, 9.17) is 5.73 Å². The summed E-state index contributed by atoms with van der Waals surface area (Å²) in [6, 6.07) is 7.46. The van der Waals surface area contributed by atoms with E-state index in [0.717, 1.165) is 15.7 Å². The molecule has 100 valence electrons. The molecule has 1 heterocycles. The average molecular weight is 322 g/mol. The van der Waals surface area contributed by atoms with Crippen molar-refractivity contribution in [3.05, 3.63) is 46.2 Å². The molecule has 1 aromatic heterocycles. The van der Waals surface area contributed by atoms with E-state index in [1.807, 2.05) is 36.6 Å². The Labute approximate surface area is 120 Å². The Morgan fingerprint density at radius 2 is 2.16 bits per heavy atom. The number of rotatable bonds is 3. The van der Waals surface area contributed by atoms with Gasteiger partial charge in [0.05, 0.1) is 5.69 Å². The predicted octanol–water partition coefficient (Wildman–Crippen LogP) is 3.41. The molecular formula is C14H16BrN3O. The quantitative estimate of drug-likeness (QED) is 0.910. The second-order valence-corrected chi connectivity index (χ2v) is 5.27. The van der Waals surface area contributed by atoms with E-state index in [2.05, 4.69) is 21.2 Å². The fourth-order valence-electron chi connectivity index (χ4n) is 1.90. The van der Waals surface area contributed by atoms with Crippen molar-refractivity contribution < 1.29 is 4.79 Å². The third-order valence-corrected chi connectivity index (χ3v) is 3.43. The molecule has 0 aliphatic heterocycles. The highest BCUT2D eigenvalue weighted by atomic mass is 79.9. The van der Waals surface area contributed by atoms with E-state index in [9.17, 15) is 4.79 Å². The Balaban J connectivity index is 2.27. The molecule has 1 aromatic carbocycles. The summed E-state index contributed by atoms with van der Waals surface area (Å²) in [7, 11) is 0. The van der Waals surface area contributed by atoms with Crippen molar-refractivity contribution in [3.63, 3.8) is 0 Å². The van der Waals surface area contributed by atoms with Gasteiger partial charge in [0, 0.05) is 22.9 Å². The van der Waals surface area contributed by atoms with Gasteiger partial charge in [-0.3, -0.25) is 4.79 Å². The van der Waals surface area contributed by atoms with Gasteiger partial charge in [0.15, 0.2) is 0 Å². The van der Waals surface area contributed by atoms with Crippen LogP contribution in [0.2, 0.25) is 0 Å². The first-order valence-electron chi connectivity index (χ1n) is 6.04. The first-order chi connectivity index (χ1) is 9.01. The molecular weight excluding hydrogens is 306 g/mol. The van der Waals surface area contributed by atoms with Crippen LogP contribution in [-0.2, 0) is 6.54 Å². The molecule has 0 aliphatic rings. The fraction of sp³-hybridized carbons (Fsp3) is 0.214. The standard InChI is InChI=1S/C14H16BrN3O/c1-3-18-8-11(16)7-13(18)14(19)17-12-6-10(15)5-4-9(12)2/h4-8H,3,16H2,1-2H3,(H,17,19). The van der Waals surface area contributed by atoms with Gasteiger partial charge in [-0.15, -0.1) is 0 Å². The predicted molar refractivity (Wildman–Crippen MR) is 81.4 cm³/mol. The van der Waals surface area contributed by atoms with Gasteiger partial charge in [0.25, 0.3) is 5.91 Å². The lowest BCUT2D eigenvalue weighted by atomic mass is 10.2. The number of aromatic nitrogens is 1. The lowest BCUT2D eigenvalue weighted by Crippen LogP contribution is -2.17. The molecule has 0 saturated carbocycles. The van der Waals surface area contributed by atoms with E-state index in [0.29, 0.717) is 17.9 Å². The number of amides is 1. The molecule has 2 rings (SSSR count). The van der Waals surface area contributed by atoms with Crippen LogP contribution < -0.4 is 11.1 Å². The van der Waals surface area contributed by atoms with Crippen LogP contribution in [0.5, 0.6) is 0 Å².